The molecule has 0 N–H and O–H groups in total. The molecule has 0 heteroatoms. The molecule has 0 aliphatic carbocycles. The number of hydrogen-bond donors (Lipinski definition) is 0. The van der Waals surface area contributed by atoms with Crippen molar-refractivity contribution in [2.45, 2.75) is 90.9 Å². The molecule has 17 heavy (non-hydrogen) atoms. The molecule has 0 spiro atoms. The van der Waals surface area contributed by atoms with Crippen molar-refractivity contribution in [3.63, 3.8) is 0 Å². The Bertz CT molecular complexity index is 182. The fourth-order valence-electron chi connectivity index (χ4n) is 1.88. The van der Waals surface area contributed by atoms with E-state index in [1.807, 2.05) is 0 Å². The maximum Gasteiger partial charge on any atom is 0.0340 e. The van der Waals surface area contributed by atoms with E-state index in [1.54, 1.807) is 0 Å². The smallest absolute Gasteiger partial charge is 0.0340 e. The summed E-state index contributed by atoms with van der Waals surface area (Å²) < 4.78 is 0. The topological polar surface area (TPSA) is 0 Å². The molecule has 0 unspecified atom stereocenters. The SMILES string of the molecule is CCCCCC#C[CH]CCCCCCCCC. The largest absolute Gasteiger partial charge is 0.103 e. The van der Waals surface area contributed by atoms with E-state index in [4.69, 9.17) is 0 Å². The van der Waals surface area contributed by atoms with Gasteiger partial charge in [-0.2, -0.15) is 0 Å². The molecule has 0 aliphatic heterocycles. The normalized spacial score (nSPS) is 10.0. The van der Waals surface area contributed by atoms with Gasteiger partial charge in [-0.05, 0) is 12.8 Å². The second-order valence-corrected chi connectivity index (χ2v) is 4.89. The zero-order valence-corrected chi connectivity index (χ0v) is 12.1. The van der Waals surface area contributed by atoms with Gasteiger partial charge in [-0.1, -0.05) is 77.6 Å². The van der Waals surface area contributed by atoms with Crippen LogP contribution < -0.4 is 0 Å². The summed E-state index contributed by atoms with van der Waals surface area (Å²) in [6.45, 7) is 4.51. The Kier molecular flexibility index (Phi) is 15.2. The van der Waals surface area contributed by atoms with Crippen LogP contribution in [0.3, 0.4) is 0 Å². The summed E-state index contributed by atoms with van der Waals surface area (Å²) >= 11 is 0. The summed E-state index contributed by atoms with van der Waals surface area (Å²) in [6, 6.07) is 0. The minimum absolute atomic E-state index is 1.08. The standard InChI is InChI=1S/C17H31/c1-3-5-7-9-11-13-15-17-16-14-12-10-8-6-4-2/h16H,3-11,13,15,17H2,1-2H3. The second-order valence-electron chi connectivity index (χ2n) is 4.89. The first-order valence-corrected chi connectivity index (χ1v) is 7.71. The highest BCUT2D eigenvalue weighted by atomic mass is 14.0. The monoisotopic (exact) mass is 235 g/mol. The van der Waals surface area contributed by atoms with E-state index in [0.29, 0.717) is 0 Å². The van der Waals surface area contributed by atoms with Gasteiger partial charge in [0.15, 0.2) is 0 Å². The van der Waals surface area contributed by atoms with E-state index >= 15 is 0 Å². The highest BCUT2D eigenvalue weighted by Crippen LogP contribution is 2.08. The third kappa shape index (κ3) is 15.6. The van der Waals surface area contributed by atoms with E-state index in [1.165, 1.54) is 70.6 Å². The van der Waals surface area contributed by atoms with Crippen molar-refractivity contribution >= 4 is 0 Å². The van der Waals surface area contributed by atoms with Crippen molar-refractivity contribution in [3.05, 3.63) is 6.42 Å². The van der Waals surface area contributed by atoms with E-state index in [2.05, 4.69) is 32.1 Å². The Morgan fingerprint density at radius 3 is 2.00 bits per heavy atom. The van der Waals surface area contributed by atoms with E-state index in [0.717, 1.165) is 6.42 Å². The quantitative estimate of drug-likeness (QED) is 0.308. The predicted molar refractivity (Wildman–Crippen MR) is 78.8 cm³/mol. The lowest BCUT2D eigenvalue weighted by Crippen LogP contribution is -1.80. The third-order valence-corrected chi connectivity index (χ3v) is 3.06. The molecule has 0 fully saturated rings. The van der Waals surface area contributed by atoms with Crippen molar-refractivity contribution in [3.8, 4) is 11.8 Å². The molecule has 0 bridgehead atoms. The maximum absolute atomic E-state index is 3.23. The van der Waals surface area contributed by atoms with E-state index < -0.39 is 0 Å². The molecule has 0 aromatic rings. The summed E-state index contributed by atoms with van der Waals surface area (Å²) in [5.41, 5.74) is 0. The highest BCUT2D eigenvalue weighted by molar-refractivity contribution is 5.09. The molecule has 0 aromatic heterocycles. The summed E-state index contributed by atoms with van der Waals surface area (Å²) in [5, 5.41) is 0. The lowest BCUT2D eigenvalue weighted by Gasteiger charge is -1.98. The Hall–Kier alpha value is -0.440. The summed E-state index contributed by atoms with van der Waals surface area (Å²) in [6.07, 6.45) is 18.1. The summed E-state index contributed by atoms with van der Waals surface area (Å²) in [4.78, 5) is 0. The van der Waals surface area contributed by atoms with Gasteiger partial charge in [-0.25, -0.2) is 0 Å². The minimum Gasteiger partial charge on any atom is -0.103 e. The summed E-state index contributed by atoms with van der Waals surface area (Å²) in [5.74, 6) is 6.41. The van der Waals surface area contributed by atoms with Crippen molar-refractivity contribution in [1.82, 2.24) is 0 Å². The molecule has 1 radical (unpaired) electrons. The van der Waals surface area contributed by atoms with Crippen LogP contribution in [0.25, 0.3) is 0 Å². The lowest BCUT2D eigenvalue weighted by atomic mass is 10.1. The van der Waals surface area contributed by atoms with Crippen LogP contribution >= 0.6 is 0 Å². The van der Waals surface area contributed by atoms with Gasteiger partial charge >= 0.3 is 0 Å². The Morgan fingerprint density at radius 2 is 1.29 bits per heavy atom. The third-order valence-electron chi connectivity index (χ3n) is 3.06. The molecular weight excluding hydrogens is 204 g/mol. The molecule has 0 aliphatic rings. The first-order valence-electron chi connectivity index (χ1n) is 7.71. The van der Waals surface area contributed by atoms with Crippen LogP contribution in [0.2, 0.25) is 0 Å². The van der Waals surface area contributed by atoms with Gasteiger partial charge in [0.05, 0.1) is 0 Å². The zero-order chi connectivity index (χ0) is 12.6. The molecular formula is C17H31. The Balaban J connectivity index is 3.02. The van der Waals surface area contributed by atoms with E-state index in [-0.39, 0.29) is 0 Å². The maximum atomic E-state index is 3.23. The molecule has 0 aromatic carbocycles. The number of hydrogen-bond acceptors (Lipinski definition) is 0. The first kappa shape index (κ1) is 16.6. The fraction of sp³-hybridized carbons (Fsp3) is 0.824. The summed E-state index contributed by atoms with van der Waals surface area (Å²) in [7, 11) is 0. The van der Waals surface area contributed by atoms with Crippen LogP contribution in [0.4, 0.5) is 0 Å². The molecule has 99 valence electrons. The average Bonchev–Trinajstić information content (AvgIpc) is 2.35. The van der Waals surface area contributed by atoms with Crippen LogP contribution in [-0.2, 0) is 0 Å². The molecule has 0 amide bonds. The molecule has 0 nitrogen and oxygen atoms in total. The molecule has 0 atom stereocenters. The number of rotatable bonds is 11. The van der Waals surface area contributed by atoms with Gasteiger partial charge in [0.1, 0.15) is 0 Å². The van der Waals surface area contributed by atoms with Gasteiger partial charge in [-0.3, -0.25) is 0 Å². The Labute approximate surface area is 110 Å². The second kappa shape index (κ2) is 15.6. The predicted octanol–water partition coefficient (Wildman–Crippen LogP) is 5.92. The van der Waals surface area contributed by atoms with Crippen LogP contribution in [0, 0.1) is 18.3 Å². The van der Waals surface area contributed by atoms with Crippen molar-refractivity contribution in [1.29, 1.82) is 0 Å². The zero-order valence-electron chi connectivity index (χ0n) is 12.1. The van der Waals surface area contributed by atoms with E-state index in [9.17, 15) is 0 Å². The van der Waals surface area contributed by atoms with Gasteiger partial charge in [0, 0.05) is 12.8 Å². The van der Waals surface area contributed by atoms with Gasteiger partial charge < -0.3 is 0 Å². The first-order chi connectivity index (χ1) is 8.41. The van der Waals surface area contributed by atoms with Crippen LogP contribution in [0.1, 0.15) is 90.9 Å². The van der Waals surface area contributed by atoms with Crippen molar-refractivity contribution in [2.75, 3.05) is 0 Å². The molecule has 0 saturated carbocycles. The minimum atomic E-state index is 1.08. The fourth-order valence-corrected chi connectivity index (χ4v) is 1.88. The van der Waals surface area contributed by atoms with Gasteiger partial charge in [0.25, 0.3) is 0 Å². The van der Waals surface area contributed by atoms with Gasteiger partial charge in [-0.15, -0.1) is 5.92 Å². The number of unbranched alkanes of at least 4 members (excludes halogenated alkanes) is 11. The van der Waals surface area contributed by atoms with Gasteiger partial charge in [0.2, 0.25) is 0 Å². The lowest BCUT2D eigenvalue weighted by molar-refractivity contribution is 0.589. The van der Waals surface area contributed by atoms with Crippen LogP contribution in [0.5, 0.6) is 0 Å². The molecule has 0 heterocycles. The van der Waals surface area contributed by atoms with Crippen molar-refractivity contribution < 1.29 is 0 Å². The average molecular weight is 235 g/mol. The molecule has 0 saturated heterocycles. The molecule has 0 rings (SSSR count). The van der Waals surface area contributed by atoms with Crippen LogP contribution in [-0.4, -0.2) is 0 Å². The van der Waals surface area contributed by atoms with Crippen LogP contribution in [0.15, 0.2) is 0 Å². The van der Waals surface area contributed by atoms with Crippen molar-refractivity contribution in [2.24, 2.45) is 0 Å². The Morgan fingerprint density at radius 1 is 0.706 bits per heavy atom. The highest BCUT2D eigenvalue weighted by Gasteiger charge is 1.90.